The normalized spacial score (nSPS) is 12.0. The SMILES string of the molecule is C=C/C(C)=C(\CCC(C)=S)c1ccc(C)nc1C. The van der Waals surface area contributed by atoms with Gasteiger partial charge in [-0.2, -0.15) is 0 Å². The van der Waals surface area contributed by atoms with E-state index in [2.05, 4.69) is 37.5 Å². The first-order valence-corrected chi connectivity index (χ1v) is 6.62. The van der Waals surface area contributed by atoms with Crippen LogP contribution in [0.5, 0.6) is 0 Å². The second-order valence-electron chi connectivity index (χ2n) is 4.65. The zero-order chi connectivity index (χ0) is 13.7. The summed E-state index contributed by atoms with van der Waals surface area (Å²) in [4.78, 5) is 5.58. The van der Waals surface area contributed by atoms with Gasteiger partial charge in [-0.25, -0.2) is 0 Å². The molecule has 1 rings (SSSR count). The highest BCUT2D eigenvalue weighted by atomic mass is 32.1. The molecule has 0 saturated carbocycles. The van der Waals surface area contributed by atoms with Gasteiger partial charge in [0.05, 0.1) is 0 Å². The number of hydrogen-bond acceptors (Lipinski definition) is 2. The molecule has 0 radical (unpaired) electrons. The third-order valence-electron chi connectivity index (χ3n) is 3.06. The summed E-state index contributed by atoms with van der Waals surface area (Å²) in [6.07, 6.45) is 3.80. The van der Waals surface area contributed by atoms with Crippen LogP contribution in [0.4, 0.5) is 0 Å². The predicted octanol–water partition coefficient (Wildman–Crippen LogP) is 4.83. The molecule has 1 nitrogen and oxygen atoms in total. The monoisotopic (exact) mass is 259 g/mol. The summed E-state index contributed by atoms with van der Waals surface area (Å²) >= 11 is 5.18. The van der Waals surface area contributed by atoms with Crippen LogP contribution < -0.4 is 0 Å². The van der Waals surface area contributed by atoms with Crippen LogP contribution in [0.3, 0.4) is 0 Å². The fourth-order valence-electron chi connectivity index (χ4n) is 1.97. The highest BCUT2D eigenvalue weighted by Gasteiger charge is 2.09. The van der Waals surface area contributed by atoms with Gasteiger partial charge >= 0.3 is 0 Å². The van der Waals surface area contributed by atoms with E-state index in [1.807, 2.05) is 19.9 Å². The van der Waals surface area contributed by atoms with Crippen molar-refractivity contribution in [2.45, 2.75) is 40.5 Å². The van der Waals surface area contributed by atoms with Gasteiger partial charge in [-0.15, -0.1) is 0 Å². The Bertz CT molecular complexity index is 498. The third kappa shape index (κ3) is 3.88. The molecule has 0 N–H and O–H groups in total. The molecule has 0 saturated heterocycles. The fourth-order valence-corrected chi connectivity index (χ4v) is 2.08. The van der Waals surface area contributed by atoms with Gasteiger partial charge < -0.3 is 0 Å². The van der Waals surface area contributed by atoms with E-state index in [-0.39, 0.29) is 0 Å². The van der Waals surface area contributed by atoms with Gasteiger partial charge in [-0.1, -0.05) is 30.9 Å². The number of thiocarbonyl (C=S) groups is 1. The van der Waals surface area contributed by atoms with Crippen molar-refractivity contribution in [3.8, 4) is 0 Å². The van der Waals surface area contributed by atoms with E-state index in [4.69, 9.17) is 12.2 Å². The van der Waals surface area contributed by atoms with Crippen LogP contribution in [0.15, 0.2) is 30.4 Å². The molecule has 0 aromatic carbocycles. The summed E-state index contributed by atoms with van der Waals surface area (Å²) in [5.74, 6) is 0. The Kier molecular flexibility index (Phi) is 5.42. The van der Waals surface area contributed by atoms with E-state index < -0.39 is 0 Å². The van der Waals surface area contributed by atoms with Gasteiger partial charge in [-0.05, 0) is 68.2 Å². The molecule has 0 amide bonds. The summed E-state index contributed by atoms with van der Waals surface area (Å²) in [7, 11) is 0. The summed E-state index contributed by atoms with van der Waals surface area (Å²) in [5.41, 5.74) is 5.86. The van der Waals surface area contributed by atoms with Crippen molar-refractivity contribution in [3.05, 3.63) is 47.3 Å². The number of allylic oxidation sites excluding steroid dienone is 3. The molecule has 1 heterocycles. The zero-order valence-corrected chi connectivity index (χ0v) is 12.5. The lowest BCUT2D eigenvalue weighted by atomic mass is 9.94. The van der Waals surface area contributed by atoms with E-state index in [1.165, 1.54) is 16.7 Å². The predicted molar refractivity (Wildman–Crippen MR) is 84.0 cm³/mol. The third-order valence-corrected chi connectivity index (χ3v) is 3.26. The molecular formula is C16H21NS. The second kappa shape index (κ2) is 6.60. The number of nitrogens with zero attached hydrogens (tertiary/aromatic N) is 1. The average molecular weight is 259 g/mol. The van der Waals surface area contributed by atoms with Gasteiger partial charge in [-0.3, -0.25) is 4.98 Å². The maximum atomic E-state index is 5.18. The molecule has 0 aliphatic rings. The maximum Gasteiger partial charge on any atom is 0.0450 e. The van der Waals surface area contributed by atoms with E-state index >= 15 is 0 Å². The number of aryl methyl sites for hydroxylation is 2. The van der Waals surface area contributed by atoms with Gasteiger partial charge in [0, 0.05) is 11.4 Å². The molecule has 96 valence electrons. The van der Waals surface area contributed by atoms with Crippen LogP contribution in [0, 0.1) is 13.8 Å². The maximum absolute atomic E-state index is 5.18. The van der Waals surface area contributed by atoms with Crippen molar-refractivity contribution >= 4 is 22.7 Å². The molecule has 0 fully saturated rings. The lowest BCUT2D eigenvalue weighted by Gasteiger charge is -2.13. The molecule has 1 aromatic heterocycles. The van der Waals surface area contributed by atoms with Crippen LogP contribution in [0.25, 0.3) is 5.57 Å². The Morgan fingerprint density at radius 1 is 1.28 bits per heavy atom. The Morgan fingerprint density at radius 2 is 1.94 bits per heavy atom. The quantitative estimate of drug-likeness (QED) is 0.555. The first-order chi connectivity index (χ1) is 8.45. The van der Waals surface area contributed by atoms with Crippen LogP contribution in [0.2, 0.25) is 0 Å². The highest BCUT2D eigenvalue weighted by Crippen LogP contribution is 2.26. The van der Waals surface area contributed by atoms with E-state index in [0.29, 0.717) is 0 Å². The highest BCUT2D eigenvalue weighted by molar-refractivity contribution is 7.80. The minimum absolute atomic E-state index is 0.934. The van der Waals surface area contributed by atoms with Gasteiger partial charge in [0.15, 0.2) is 0 Å². The van der Waals surface area contributed by atoms with Crippen molar-refractivity contribution < 1.29 is 0 Å². The topological polar surface area (TPSA) is 12.9 Å². The van der Waals surface area contributed by atoms with Crippen molar-refractivity contribution in [1.82, 2.24) is 4.98 Å². The van der Waals surface area contributed by atoms with Crippen LogP contribution >= 0.6 is 12.2 Å². The zero-order valence-electron chi connectivity index (χ0n) is 11.7. The Morgan fingerprint density at radius 3 is 2.44 bits per heavy atom. The summed E-state index contributed by atoms with van der Waals surface area (Å²) in [6, 6.07) is 4.21. The average Bonchev–Trinajstić information content (AvgIpc) is 2.30. The second-order valence-corrected chi connectivity index (χ2v) is 5.35. The minimum Gasteiger partial charge on any atom is -0.258 e. The molecule has 0 aliphatic heterocycles. The van der Waals surface area contributed by atoms with E-state index in [1.54, 1.807) is 0 Å². The summed E-state index contributed by atoms with van der Waals surface area (Å²) in [5, 5.41) is 0. The van der Waals surface area contributed by atoms with Gasteiger partial charge in [0.25, 0.3) is 0 Å². The van der Waals surface area contributed by atoms with Crippen LogP contribution in [-0.4, -0.2) is 9.85 Å². The first-order valence-electron chi connectivity index (χ1n) is 6.22. The van der Waals surface area contributed by atoms with Crippen molar-refractivity contribution in [2.24, 2.45) is 0 Å². The Balaban J connectivity index is 3.18. The smallest absolute Gasteiger partial charge is 0.0450 e. The Labute approximate surface area is 116 Å². The molecule has 0 aliphatic carbocycles. The Hall–Kier alpha value is -1.28. The number of rotatable bonds is 5. The van der Waals surface area contributed by atoms with E-state index in [9.17, 15) is 0 Å². The van der Waals surface area contributed by atoms with Crippen LogP contribution in [0.1, 0.15) is 43.6 Å². The molecule has 0 bridgehead atoms. The van der Waals surface area contributed by atoms with Crippen LogP contribution in [-0.2, 0) is 0 Å². The van der Waals surface area contributed by atoms with E-state index in [0.717, 1.165) is 29.1 Å². The van der Waals surface area contributed by atoms with Gasteiger partial charge in [0.2, 0.25) is 0 Å². The lowest BCUT2D eigenvalue weighted by molar-refractivity contribution is 1.07. The number of hydrogen-bond donors (Lipinski definition) is 0. The summed E-state index contributed by atoms with van der Waals surface area (Å²) in [6.45, 7) is 12.0. The molecule has 0 unspecified atom stereocenters. The molecule has 1 aromatic rings. The number of pyridine rings is 1. The lowest BCUT2D eigenvalue weighted by Crippen LogP contribution is -1.98. The van der Waals surface area contributed by atoms with Crippen molar-refractivity contribution in [3.63, 3.8) is 0 Å². The fraction of sp³-hybridized carbons (Fsp3) is 0.375. The number of aromatic nitrogens is 1. The molecular weight excluding hydrogens is 238 g/mol. The van der Waals surface area contributed by atoms with Gasteiger partial charge in [0.1, 0.15) is 0 Å². The minimum atomic E-state index is 0.934. The summed E-state index contributed by atoms with van der Waals surface area (Å²) < 4.78 is 0. The van der Waals surface area contributed by atoms with Crippen molar-refractivity contribution in [2.75, 3.05) is 0 Å². The molecule has 2 heteroatoms. The van der Waals surface area contributed by atoms with Crippen molar-refractivity contribution in [1.29, 1.82) is 0 Å². The molecule has 18 heavy (non-hydrogen) atoms. The standard InChI is InChI=1S/C16H21NS/c1-6-11(2)15(10-8-13(4)18)16-9-7-12(3)17-14(16)5/h6-7,9H,1,8,10H2,2-5H3/b15-11+. The molecule has 0 spiro atoms. The largest absolute Gasteiger partial charge is 0.258 e. The first kappa shape index (κ1) is 14.8. The molecule has 0 atom stereocenters.